The van der Waals surface area contributed by atoms with E-state index in [-0.39, 0.29) is 0 Å². The van der Waals surface area contributed by atoms with Crippen LogP contribution in [0.2, 0.25) is 0 Å². The Bertz CT molecular complexity index is 412. The fourth-order valence-corrected chi connectivity index (χ4v) is 2.88. The third kappa shape index (κ3) is 2.44. The van der Waals surface area contributed by atoms with Crippen LogP contribution in [0.1, 0.15) is 11.5 Å². The third-order valence-electron chi connectivity index (χ3n) is 2.55. The van der Waals surface area contributed by atoms with Crippen LogP contribution in [-0.2, 0) is 0 Å². The molecule has 4 heteroatoms. The standard InChI is InChI=1S/C12H14N2S2/c1-14(2)11-10(8-16-12(15)13-11)9-6-4-3-5-7-9/h3-7,10H,8H2,1-2H3. The third-order valence-corrected chi connectivity index (χ3v) is 3.83. The Kier molecular flexibility index (Phi) is 3.61. The lowest BCUT2D eigenvalue weighted by Crippen LogP contribution is -2.33. The SMILES string of the molecule is CN(C)C1=NC(=S)SCC1c1ccccc1. The summed E-state index contributed by atoms with van der Waals surface area (Å²) in [5.74, 6) is 2.41. The summed E-state index contributed by atoms with van der Waals surface area (Å²) in [6.07, 6.45) is 0. The molecule has 0 radical (unpaired) electrons. The predicted molar refractivity (Wildman–Crippen MR) is 75.4 cm³/mol. The van der Waals surface area contributed by atoms with Crippen molar-refractivity contribution in [1.29, 1.82) is 0 Å². The number of likely N-dealkylation sites (N-methyl/N-ethyl adjacent to an activating group) is 1. The number of amidine groups is 1. The molecule has 0 amide bonds. The molecule has 1 unspecified atom stereocenters. The van der Waals surface area contributed by atoms with E-state index in [2.05, 4.69) is 34.2 Å². The van der Waals surface area contributed by atoms with Gasteiger partial charge in [-0.2, -0.15) is 0 Å². The van der Waals surface area contributed by atoms with Crippen LogP contribution < -0.4 is 0 Å². The molecule has 0 fully saturated rings. The Morgan fingerprint density at radius 1 is 1.31 bits per heavy atom. The van der Waals surface area contributed by atoms with E-state index in [9.17, 15) is 0 Å². The van der Waals surface area contributed by atoms with Crippen molar-refractivity contribution in [2.45, 2.75) is 5.92 Å². The first-order valence-corrected chi connectivity index (χ1v) is 6.55. The first kappa shape index (κ1) is 11.6. The number of benzene rings is 1. The summed E-state index contributed by atoms with van der Waals surface area (Å²) in [6, 6.07) is 10.5. The van der Waals surface area contributed by atoms with E-state index >= 15 is 0 Å². The van der Waals surface area contributed by atoms with Crippen molar-refractivity contribution in [3.05, 3.63) is 35.9 Å². The van der Waals surface area contributed by atoms with Gasteiger partial charge in [0, 0.05) is 19.8 Å². The van der Waals surface area contributed by atoms with Gasteiger partial charge in [-0.1, -0.05) is 54.3 Å². The number of rotatable bonds is 1. The highest BCUT2D eigenvalue weighted by Crippen LogP contribution is 2.28. The van der Waals surface area contributed by atoms with Gasteiger partial charge in [-0.25, -0.2) is 4.99 Å². The molecule has 0 saturated heterocycles. The number of nitrogens with zero attached hydrogens (tertiary/aromatic N) is 2. The van der Waals surface area contributed by atoms with Gasteiger partial charge in [0.05, 0.1) is 5.92 Å². The normalized spacial score (nSPS) is 20.5. The van der Waals surface area contributed by atoms with E-state index in [0.29, 0.717) is 5.92 Å². The maximum atomic E-state index is 5.15. The lowest BCUT2D eigenvalue weighted by molar-refractivity contribution is 0.595. The van der Waals surface area contributed by atoms with Crippen LogP contribution in [0, 0.1) is 0 Å². The van der Waals surface area contributed by atoms with E-state index < -0.39 is 0 Å². The van der Waals surface area contributed by atoms with Gasteiger partial charge in [0.15, 0.2) is 4.32 Å². The average molecular weight is 250 g/mol. The quantitative estimate of drug-likeness (QED) is 0.713. The van der Waals surface area contributed by atoms with Crippen molar-refractivity contribution in [1.82, 2.24) is 4.90 Å². The molecule has 16 heavy (non-hydrogen) atoms. The second-order valence-corrected chi connectivity index (χ2v) is 5.56. The smallest absolute Gasteiger partial charge is 0.161 e. The maximum Gasteiger partial charge on any atom is 0.161 e. The van der Waals surface area contributed by atoms with Crippen molar-refractivity contribution in [2.24, 2.45) is 4.99 Å². The summed E-state index contributed by atoms with van der Waals surface area (Å²) in [4.78, 5) is 6.54. The molecule has 84 valence electrons. The van der Waals surface area contributed by atoms with Crippen LogP contribution in [0.4, 0.5) is 0 Å². The molecular weight excluding hydrogens is 236 g/mol. The monoisotopic (exact) mass is 250 g/mol. The van der Waals surface area contributed by atoms with Crippen molar-refractivity contribution in [3.8, 4) is 0 Å². The summed E-state index contributed by atoms with van der Waals surface area (Å²) < 4.78 is 0.746. The first-order valence-electron chi connectivity index (χ1n) is 5.16. The Morgan fingerprint density at radius 3 is 2.62 bits per heavy atom. The highest BCUT2D eigenvalue weighted by Gasteiger charge is 2.25. The summed E-state index contributed by atoms with van der Waals surface area (Å²) in [5, 5.41) is 0. The van der Waals surface area contributed by atoms with Crippen LogP contribution in [0.5, 0.6) is 0 Å². The van der Waals surface area contributed by atoms with Gasteiger partial charge in [0.2, 0.25) is 0 Å². The molecular formula is C12H14N2S2. The number of aliphatic imine (C=N–C) groups is 1. The highest BCUT2D eigenvalue weighted by molar-refractivity contribution is 8.23. The molecule has 1 atom stereocenters. The molecule has 0 bridgehead atoms. The minimum Gasteiger partial charge on any atom is -0.366 e. The molecule has 1 aliphatic rings. The molecule has 1 aliphatic heterocycles. The number of thiocarbonyl (C=S) groups is 1. The lowest BCUT2D eigenvalue weighted by atomic mass is 9.99. The van der Waals surface area contributed by atoms with E-state index in [1.54, 1.807) is 11.8 Å². The topological polar surface area (TPSA) is 15.6 Å². The molecule has 2 nitrogen and oxygen atoms in total. The minimum absolute atomic E-state index is 0.355. The summed E-state index contributed by atoms with van der Waals surface area (Å²) in [7, 11) is 4.04. The molecule has 0 saturated carbocycles. The minimum atomic E-state index is 0.355. The van der Waals surface area contributed by atoms with Crippen molar-refractivity contribution in [3.63, 3.8) is 0 Å². The molecule has 0 aromatic heterocycles. The molecule has 1 heterocycles. The van der Waals surface area contributed by atoms with E-state index in [1.165, 1.54) is 5.56 Å². The number of hydrogen-bond acceptors (Lipinski definition) is 3. The Hall–Kier alpha value is -0.870. The van der Waals surface area contributed by atoms with Crippen LogP contribution in [-0.4, -0.2) is 34.9 Å². The second kappa shape index (κ2) is 4.97. The van der Waals surface area contributed by atoms with Crippen LogP contribution >= 0.6 is 24.0 Å². The zero-order valence-electron chi connectivity index (χ0n) is 9.38. The number of hydrogen-bond donors (Lipinski definition) is 0. The summed E-state index contributed by atoms with van der Waals surface area (Å²) in [6.45, 7) is 0. The second-order valence-electron chi connectivity index (χ2n) is 3.90. The molecule has 2 rings (SSSR count). The fraction of sp³-hybridized carbons (Fsp3) is 0.333. The highest BCUT2D eigenvalue weighted by atomic mass is 32.2. The van der Waals surface area contributed by atoms with E-state index in [0.717, 1.165) is 15.9 Å². The summed E-state index contributed by atoms with van der Waals surface area (Å²) in [5.41, 5.74) is 1.31. The number of thioether (sulfide) groups is 1. The average Bonchev–Trinajstić information content (AvgIpc) is 2.30. The predicted octanol–water partition coefficient (Wildman–Crippen LogP) is 2.76. The van der Waals surface area contributed by atoms with E-state index in [4.69, 9.17) is 12.2 Å². The zero-order chi connectivity index (χ0) is 11.5. The van der Waals surface area contributed by atoms with Crippen molar-refractivity contribution in [2.75, 3.05) is 19.8 Å². The Morgan fingerprint density at radius 2 is 2.00 bits per heavy atom. The van der Waals surface area contributed by atoms with E-state index in [1.807, 2.05) is 20.2 Å². The molecule has 0 aliphatic carbocycles. The molecule has 1 aromatic rings. The van der Waals surface area contributed by atoms with Gasteiger partial charge >= 0.3 is 0 Å². The Balaban J connectivity index is 2.34. The van der Waals surface area contributed by atoms with Gasteiger partial charge in [0.25, 0.3) is 0 Å². The fourth-order valence-electron chi connectivity index (χ4n) is 1.78. The molecule has 0 spiro atoms. The molecule has 1 aromatic carbocycles. The van der Waals surface area contributed by atoms with Gasteiger partial charge in [-0.15, -0.1) is 0 Å². The van der Waals surface area contributed by atoms with Crippen LogP contribution in [0.15, 0.2) is 35.3 Å². The largest absolute Gasteiger partial charge is 0.366 e. The van der Waals surface area contributed by atoms with Crippen LogP contribution in [0.3, 0.4) is 0 Å². The van der Waals surface area contributed by atoms with Gasteiger partial charge in [0.1, 0.15) is 5.84 Å². The van der Waals surface area contributed by atoms with Crippen LogP contribution in [0.25, 0.3) is 0 Å². The van der Waals surface area contributed by atoms with Crippen molar-refractivity contribution < 1.29 is 0 Å². The first-order chi connectivity index (χ1) is 7.68. The lowest BCUT2D eigenvalue weighted by Gasteiger charge is -2.28. The maximum absolute atomic E-state index is 5.15. The molecule has 0 N–H and O–H groups in total. The van der Waals surface area contributed by atoms with Gasteiger partial charge < -0.3 is 4.90 Å². The van der Waals surface area contributed by atoms with Gasteiger partial charge in [-0.05, 0) is 5.56 Å². The summed E-state index contributed by atoms with van der Waals surface area (Å²) >= 11 is 6.81. The Labute approximate surface area is 106 Å². The zero-order valence-corrected chi connectivity index (χ0v) is 11.0. The van der Waals surface area contributed by atoms with Crippen molar-refractivity contribution >= 4 is 34.1 Å². The van der Waals surface area contributed by atoms with Gasteiger partial charge in [-0.3, -0.25) is 0 Å².